The summed E-state index contributed by atoms with van der Waals surface area (Å²) in [6.07, 6.45) is 1.91. The van der Waals surface area contributed by atoms with Gasteiger partial charge in [0.25, 0.3) is 0 Å². The molecular formula is C25H18O6. The second kappa shape index (κ2) is 9.37. The molecule has 0 atom stereocenters. The summed E-state index contributed by atoms with van der Waals surface area (Å²) < 4.78 is 0. The Hall–Kier alpha value is -4.45. The smallest absolute Gasteiger partial charge is 0.336 e. The molecule has 0 heterocycles. The van der Waals surface area contributed by atoms with E-state index in [2.05, 4.69) is 0 Å². The molecule has 3 aromatic carbocycles. The van der Waals surface area contributed by atoms with Gasteiger partial charge in [0.15, 0.2) is 11.6 Å². The quantitative estimate of drug-likeness (QED) is 0.287. The van der Waals surface area contributed by atoms with Gasteiger partial charge in [0, 0.05) is 34.4 Å². The number of hydrogen-bond donors (Lipinski definition) is 3. The molecule has 0 aliphatic heterocycles. The van der Waals surface area contributed by atoms with Gasteiger partial charge in [-0.15, -0.1) is 0 Å². The van der Waals surface area contributed by atoms with E-state index in [0.29, 0.717) is 11.1 Å². The lowest BCUT2D eigenvalue weighted by Gasteiger charge is -2.07. The molecule has 0 saturated carbocycles. The highest BCUT2D eigenvalue weighted by molar-refractivity contribution is 6.14. The predicted octanol–water partition coefficient (Wildman–Crippen LogP) is 4.95. The fraction of sp³-hybridized carbons (Fsp3) is 0. The van der Waals surface area contributed by atoms with Gasteiger partial charge in [-0.2, -0.15) is 0 Å². The Balaban J connectivity index is 1.97. The lowest BCUT2D eigenvalue weighted by Crippen LogP contribution is -2.08. The number of aliphatic hydroxyl groups excluding tert-OH is 2. The Kier molecular flexibility index (Phi) is 6.42. The summed E-state index contributed by atoms with van der Waals surface area (Å²) in [4.78, 5) is 36.5. The van der Waals surface area contributed by atoms with Gasteiger partial charge >= 0.3 is 5.97 Å². The number of hydrogen-bond acceptors (Lipinski definition) is 5. The Morgan fingerprint density at radius 3 is 1.65 bits per heavy atom. The molecule has 6 heteroatoms. The van der Waals surface area contributed by atoms with Gasteiger partial charge in [0.1, 0.15) is 11.5 Å². The van der Waals surface area contributed by atoms with Crippen LogP contribution in [-0.2, 0) is 0 Å². The van der Waals surface area contributed by atoms with Crippen molar-refractivity contribution in [2.24, 2.45) is 0 Å². The molecule has 0 radical (unpaired) electrons. The zero-order chi connectivity index (χ0) is 22.4. The molecule has 0 aliphatic carbocycles. The van der Waals surface area contributed by atoms with Crippen LogP contribution in [0.4, 0.5) is 0 Å². The van der Waals surface area contributed by atoms with E-state index < -0.39 is 23.3 Å². The third-order valence-corrected chi connectivity index (χ3v) is 4.47. The van der Waals surface area contributed by atoms with E-state index in [1.54, 1.807) is 60.7 Å². The van der Waals surface area contributed by atoms with Crippen LogP contribution in [0, 0.1) is 0 Å². The molecule has 3 rings (SSSR count). The first-order valence-corrected chi connectivity index (χ1v) is 9.25. The topological polar surface area (TPSA) is 112 Å². The highest BCUT2D eigenvalue weighted by Crippen LogP contribution is 2.21. The summed E-state index contributed by atoms with van der Waals surface area (Å²) in [5.41, 5.74) is 0.307. The Labute approximate surface area is 178 Å². The maximum Gasteiger partial charge on any atom is 0.336 e. The molecular weight excluding hydrogens is 396 g/mol. The molecule has 0 amide bonds. The SMILES string of the molecule is O=C(C=C(O)c1ccc(C(=O)O)c(C(=O)C=C(O)c2ccccc2)c1)c1ccccc1. The summed E-state index contributed by atoms with van der Waals surface area (Å²) in [6.45, 7) is 0. The Bertz CT molecular complexity index is 1190. The average Bonchev–Trinajstić information content (AvgIpc) is 2.79. The van der Waals surface area contributed by atoms with Crippen LogP contribution >= 0.6 is 0 Å². The largest absolute Gasteiger partial charge is 0.507 e. The van der Waals surface area contributed by atoms with Crippen LogP contribution < -0.4 is 0 Å². The van der Waals surface area contributed by atoms with Gasteiger partial charge in [-0.05, 0) is 12.1 Å². The minimum atomic E-state index is -1.34. The van der Waals surface area contributed by atoms with Crippen molar-refractivity contribution in [1.82, 2.24) is 0 Å². The highest BCUT2D eigenvalue weighted by atomic mass is 16.4. The van der Waals surface area contributed by atoms with Crippen molar-refractivity contribution < 1.29 is 29.7 Å². The molecule has 0 unspecified atom stereocenters. The van der Waals surface area contributed by atoms with Gasteiger partial charge in [-0.1, -0.05) is 66.7 Å². The number of aliphatic hydroxyl groups is 2. The number of carbonyl (C=O) groups excluding carboxylic acids is 2. The van der Waals surface area contributed by atoms with Gasteiger partial charge in [0.05, 0.1) is 5.56 Å². The fourth-order valence-electron chi connectivity index (χ4n) is 2.88. The highest BCUT2D eigenvalue weighted by Gasteiger charge is 2.18. The minimum absolute atomic E-state index is 0.0882. The molecule has 154 valence electrons. The van der Waals surface area contributed by atoms with Gasteiger partial charge in [-0.25, -0.2) is 4.79 Å². The van der Waals surface area contributed by atoms with Crippen LogP contribution in [0.15, 0.2) is 91.0 Å². The number of carboxylic acid groups (broad SMARTS) is 1. The molecule has 0 fully saturated rings. The zero-order valence-electron chi connectivity index (χ0n) is 16.2. The number of aromatic carboxylic acids is 1. The first kappa shape index (κ1) is 21.3. The van der Waals surface area contributed by atoms with Crippen LogP contribution in [0.5, 0.6) is 0 Å². The maximum absolute atomic E-state index is 12.7. The van der Waals surface area contributed by atoms with Gasteiger partial charge < -0.3 is 15.3 Å². The average molecular weight is 414 g/mol. The monoisotopic (exact) mass is 414 g/mol. The molecule has 3 N–H and O–H groups in total. The minimum Gasteiger partial charge on any atom is -0.507 e. The number of ketones is 2. The van der Waals surface area contributed by atoms with Crippen molar-refractivity contribution in [2.45, 2.75) is 0 Å². The van der Waals surface area contributed by atoms with Gasteiger partial charge in [0.2, 0.25) is 0 Å². The zero-order valence-corrected chi connectivity index (χ0v) is 16.2. The lowest BCUT2D eigenvalue weighted by molar-refractivity contribution is 0.0692. The molecule has 0 bridgehead atoms. The van der Waals surface area contributed by atoms with Crippen molar-refractivity contribution in [1.29, 1.82) is 0 Å². The van der Waals surface area contributed by atoms with Crippen LogP contribution in [-0.4, -0.2) is 32.9 Å². The summed E-state index contributed by atoms with van der Waals surface area (Å²) in [5.74, 6) is -3.30. The summed E-state index contributed by atoms with van der Waals surface area (Å²) in [6, 6.07) is 20.2. The fourth-order valence-corrected chi connectivity index (χ4v) is 2.88. The van der Waals surface area contributed by atoms with Crippen molar-refractivity contribution in [3.05, 3.63) is 119 Å². The Morgan fingerprint density at radius 1 is 0.548 bits per heavy atom. The first-order chi connectivity index (χ1) is 14.9. The van der Waals surface area contributed by atoms with Crippen LogP contribution in [0.1, 0.15) is 42.2 Å². The lowest BCUT2D eigenvalue weighted by atomic mass is 9.98. The second-order valence-electron chi connectivity index (χ2n) is 6.59. The molecule has 0 aliphatic rings. The van der Waals surface area contributed by atoms with Crippen LogP contribution in [0.2, 0.25) is 0 Å². The maximum atomic E-state index is 12.7. The third-order valence-electron chi connectivity index (χ3n) is 4.47. The van der Waals surface area contributed by atoms with E-state index in [1.807, 2.05) is 0 Å². The van der Waals surface area contributed by atoms with E-state index in [-0.39, 0.29) is 22.4 Å². The number of carbonyl (C=O) groups is 3. The van der Waals surface area contributed by atoms with Crippen LogP contribution in [0.3, 0.4) is 0 Å². The second-order valence-corrected chi connectivity index (χ2v) is 6.59. The van der Waals surface area contributed by atoms with Crippen LogP contribution in [0.25, 0.3) is 11.5 Å². The van der Waals surface area contributed by atoms with Crippen molar-refractivity contribution >= 4 is 29.1 Å². The standard InChI is InChI=1S/C25H18O6/c26-21(16-7-3-1-4-8-16)14-23(28)18-11-12-19(25(30)31)20(13-18)24(29)15-22(27)17-9-5-2-6-10-17/h1-15,27-28H,(H,30,31). The molecule has 3 aromatic rings. The number of rotatable bonds is 7. The normalized spacial score (nSPS) is 11.7. The number of carboxylic acids is 1. The number of allylic oxidation sites excluding steroid dienone is 2. The summed E-state index contributed by atoms with van der Waals surface area (Å²) >= 11 is 0. The molecule has 6 nitrogen and oxygen atoms in total. The third kappa shape index (κ3) is 5.13. The van der Waals surface area contributed by atoms with Crippen molar-refractivity contribution in [3.8, 4) is 0 Å². The molecule has 0 saturated heterocycles. The number of benzene rings is 3. The molecule has 0 spiro atoms. The molecule has 31 heavy (non-hydrogen) atoms. The summed E-state index contributed by atoms with van der Waals surface area (Å²) in [7, 11) is 0. The first-order valence-electron chi connectivity index (χ1n) is 9.25. The van der Waals surface area contributed by atoms with E-state index in [9.17, 15) is 29.7 Å². The van der Waals surface area contributed by atoms with Crippen molar-refractivity contribution in [2.75, 3.05) is 0 Å². The van der Waals surface area contributed by atoms with E-state index >= 15 is 0 Å². The molecule has 0 aromatic heterocycles. The van der Waals surface area contributed by atoms with E-state index in [0.717, 1.165) is 18.2 Å². The van der Waals surface area contributed by atoms with Gasteiger partial charge in [-0.3, -0.25) is 9.59 Å². The Morgan fingerprint density at radius 2 is 1.06 bits per heavy atom. The summed E-state index contributed by atoms with van der Waals surface area (Å²) in [5, 5.41) is 30.0. The van der Waals surface area contributed by atoms with E-state index in [1.165, 1.54) is 12.1 Å². The van der Waals surface area contributed by atoms with Crippen molar-refractivity contribution in [3.63, 3.8) is 0 Å². The van der Waals surface area contributed by atoms with E-state index in [4.69, 9.17) is 0 Å². The predicted molar refractivity (Wildman–Crippen MR) is 116 cm³/mol.